The number of rotatable bonds is 5. The van der Waals surface area contributed by atoms with Crippen LogP contribution < -0.4 is 5.32 Å². The van der Waals surface area contributed by atoms with E-state index < -0.39 is 28.7 Å². The van der Waals surface area contributed by atoms with Gasteiger partial charge in [-0.15, -0.1) is 11.3 Å². The molecule has 2 unspecified atom stereocenters. The summed E-state index contributed by atoms with van der Waals surface area (Å²) in [5.74, 6) is -2.97. The van der Waals surface area contributed by atoms with Crippen molar-refractivity contribution in [1.29, 1.82) is 0 Å². The molecule has 0 fully saturated rings. The predicted octanol–water partition coefficient (Wildman–Crippen LogP) is 5.20. The zero-order valence-corrected chi connectivity index (χ0v) is 19.3. The van der Waals surface area contributed by atoms with Crippen LogP contribution >= 0.6 is 23.1 Å². The van der Waals surface area contributed by atoms with Crippen molar-refractivity contribution in [1.82, 2.24) is 5.01 Å². The van der Waals surface area contributed by atoms with Gasteiger partial charge in [0.25, 0.3) is 5.91 Å². The molecule has 2 aliphatic rings. The molecule has 1 aromatic heterocycles. The first kappa shape index (κ1) is 22.4. The Morgan fingerprint density at radius 2 is 1.91 bits per heavy atom. The van der Waals surface area contributed by atoms with Crippen LogP contribution in [0.1, 0.15) is 29.3 Å². The zero-order chi connectivity index (χ0) is 23.7. The highest BCUT2D eigenvalue weighted by Gasteiger charge is 2.39. The van der Waals surface area contributed by atoms with Crippen molar-refractivity contribution in [2.75, 3.05) is 5.32 Å². The summed E-state index contributed by atoms with van der Waals surface area (Å²) >= 11 is 2.79. The van der Waals surface area contributed by atoms with Crippen LogP contribution in [0.3, 0.4) is 0 Å². The van der Waals surface area contributed by atoms with Crippen LogP contribution in [0.5, 0.6) is 0 Å². The van der Waals surface area contributed by atoms with E-state index in [0.717, 1.165) is 28.3 Å². The van der Waals surface area contributed by atoms with E-state index in [4.69, 9.17) is 5.10 Å². The minimum absolute atomic E-state index is 0.118. The number of halogens is 2. The molecule has 2 aromatic carbocycles. The second kappa shape index (κ2) is 9.47. The number of nitrogens with one attached hydrogen (secondary N) is 1. The lowest BCUT2D eigenvalue weighted by molar-refractivity contribution is -0.121. The van der Waals surface area contributed by atoms with Crippen molar-refractivity contribution in [2.24, 2.45) is 10.1 Å². The molecule has 1 N–H and O–H groups in total. The van der Waals surface area contributed by atoms with Crippen LogP contribution in [0.15, 0.2) is 76.1 Å². The fourth-order valence-corrected chi connectivity index (χ4v) is 5.55. The van der Waals surface area contributed by atoms with Gasteiger partial charge in [0.05, 0.1) is 16.6 Å². The summed E-state index contributed by atoms with van der Waals surface area (Å²) in [5.41, 5.74) is 2.08. The number of thiophene rings is 1. The molecule has 6 nitrogen and oxygen atoms in total. The molecule has 3 aromatic rings. The maximum absolute atomic E-state index is 13.4. The SMILES string of the molecule is O=C(CC1SC(N2N=C(c3cccs3)CC2c2ccccc2)=NC1=O)Nc1ccc(F)c(F)c1. The molecule has 0 saturated carbocycles. The third-order valence-electron chi connectivity index (χ3n) is 5.40. The Kier molecular flexibility index (Phi) is 6.25. The van der Waals surface area contributed by atoms with Gasteiger partial charge in [-0.05, 0) is 29.1 Å². The van der Waals surface area contributed by atoms with Gasteiger partial charge in [0.1, 0.15) is 5.25 Å². The fourth-order valence-electron chi connectivity index (χ4n) is 3.77. The Bertz CT molecular complexity index is 1300. The van der Waals surface area contributed by atoms with Gasteiger partial charge in [0.15, 0.2) is 16.8 Å². The highest BCUT2D eigenvalue weighted by Crippen LogP contribution is 2.39. The zero-order valence-electron chi connectivity index (χ0n) is 17.7. The molecular weight excluding hydrogens is 478 g/mol. The predicted molar refractivity (Wildman–Crippen MR) is 130 cm³/mol. The number of benzene rings is 2. The summed E-state index contributed by atoms with van der Waals surface area (Å²) in [5, 5.41) is 10.8. The van der Waals surface area contributed by atoms with Crippen LogP contribution in [0.2, 0.25) is 0 Å². The molecule has 0 spiro atoms. The van der Waals surface area contributed by atoms with E-state index >= 15 is 0 Å². The van der Waals surface area contributed by atoms with Crippen LogP contribution in [0.25, 0.3) is 0 Å². The largest absolute Gasteiger partial charge is 0.326 e. The molecule has 0 radical (unpaired) electrons. The summed E-state index contributed by atoms with van der Waals surface area (Å²) in [6.07, 6.45) is 0.514. The Labute approximate surface area is 202 Å². The lowest BCUT2D eigenvalue weighted by Gasteiger charge is -2.23. The molecule has 0 bridgehead atoms. The molecule has 10 heteroatoms. The second-order valence-electron chi connectivity index (χ2n) is 7.72. The number of anilines is 1. The first-order valence-electron chi connectivity index (χ1n) is 10.5. The van der Waals surface area contributed by atoms with Gasteiger partial charge in [-0.2, -0.15) is 10.1 Å². The molecule has 2 aliphatic heterocycles. The number of thioether (sulfide) groups is 1. The van der Waals surface area contributed by atoms with Gasteiger partial charge in [-0.1, -0.05) is 48.2 Å². The van der Waals surface area contributed by atoms with E-state index in [1.165, 1.54) is 17.8 Å². The number of hydrogen-bond acceptors (Lipinski definition) is 6. The number of amides is 2. The molecule has 5 rings (SSSR count). The third kappa shape index (κ3) is 4.64. The second-order valence-corrected chi connectivity index (χ2v) is 9.84. The number of carbonyl (C=O) groups is 2. The van der Waals surface area contributed by atoms with Crippen LogP contribution in [-0.2, 0) is 9.59 Å². The molecule has 0 saturated heterocycles. The van der Waals surface area contributed by atoms with E-state index in [1.54, 1.807) is 16.3 Å². The molecule has 2 amide bonds. The smallest absolute Gasteiger partial charge is 0.262 e. The average molecular weight is 497 g/mol. The van der Waals surface area contributed by atoms with Crippen molar-refractivity contribution in [2.45, 2.75) is 24.1 Å². The van der Waals surface area contributed by atoms with Crippen molar-refractivity contribution in [3.05, 3.63) is 88.1 Å². The summed E-state index contributed by atoms with van der Waals surface area (Å²) in [4.78, 5) is 30.3. The first-order chi connectivity index (χ1) is 16.5. The van der Waals surface area contributed by atoms with E-state index in [-0.39, 0.29) is 18.2 Å². The van der Waals surface area contributed by atoms with Gasteiger partial charge in [0, 0.05) is 24.6 Å². The van der Waals surface area contributed by atoms with E-state index in [1.807, 2.05) is 47.8 Å². The van der Waals surface area contributed by atoms with Crippen molar-refractivity contribution in [3.63, 3.8) is 0 Å². The molecule has 0 aliphatic carbocycles. The van der Waals surface area contributed by atoms with E-state index in [0.29, 0.717) is 11.6 Å². The number of aliphatic imine (C=N–C) groups is 1. The lowest BCUT2D eigenvalue weighted by atomic mass is 10.0. The third-order valence-corrected chi connectivity index (χ3v) is 7.46. The van der Waals surface area contributed by atoms with Crippen molar-refractivity contribution in [3.8, 4) is 0 Å². The molecular formula is C24H18F2N4O2S2. The number of carbonyl (C=O) groups excluding carboxylic acids is 2. The minimum atomic E-state index is -1.06. The molecule has 34 heavy (non-hydrogen) atoms. The Morgan fingerprint density at radius 1 is 1.09 bits per heavy atom. The maximum Gasteiger partial charge on any atom is 0.262 e. The highest BCUT2D eigenvalue weighted by molar-refractivity contribution is 8.15. The number of amidine groups is 1. The fraction of sp³-hybridized carbons (Fsp3) is 0.167. The van der Waals surface area contributed by atoms with E-state index in [2.05, 4.69) is 10.3 Å². The van der Waals surface area contributed by atoms with Gasteiger partial charge in [-0.3, -0.25) is 9.59 Å². The average Bonchev–Trinajstić information content (AvgIpc) is 3.57. The summed E-state index contributed by atoms with van der Waals surface area (Å²) in [6, 6.07) is 16.8. The molecule has 3 heterocycles. The first-order valence-corrected chi connectivity index (χ1v) is 12.2. The van der Waals surface area contributed by atoms with Crippen molar-refractivity contribution < 1.29 is 18.4 Å². The number of nitrogens with zero attached hydrogens (tertiary/aromatic N) is 3. The van der Waals surface area contributed by atoms with Crippen LogP contribution in [0, 0.1) is 11.6 Å². The number of hydrazone groups is 1. The minimum Gasteiger partial charge on any atom is -0.326 e. The topological polar surface area (TPSA) is 74.1 Å². The summed E-state index contributed by atoms with van der Waals surface area (Å²) in [6.45, 7) is 0. The monoisotopic (exact) mass is 496 g/mol. The number of hydrogen-bond donors (Lipinski definition) is 1. The maximum atomic E-state index is 13.4. The standard InChI is InChI=1S/C24H18F2N4O2S2/c25-16-9-8-15(11-17(16)26)27-22(31)13-21-23(32)28-24(34-21)30-19(14-5-2-1-3-6-14)12-18(29-30)20-7-4-10-33-20/h1-11,19,21H,12-13H2,(H,27,31). The van der Waals surface area contributed by atoms with Gasteiger partial charge in [0.2, 0.25) is 5.91 Å². The quantitative estimate of drug-likeness (QED) is 0.527. The van der Waals surface area contributed by atoms with Crippen molar-refractivity contribution >= 4 is 51.5 Å². The van der Waals surface area contributed by atoms with E-state index in [9.17, 15) is 18.4 Å². The van der Waals surface area contributed by atoms with Crippen LogP contribution in [-0.4, -0.2) is 33.0 Å². The molecule has 172 valence electrons. The summed E-state index contributed by atoms with van der Waals surface area (Å²) < 4.78 is 26.5. The Hall–Kier alpha value is -3.37. The van der Waals surface area contributed by atoms with Crippen LogP contribution in [0.4, 0.5) is 14.5 Å². The summed E-state index contributed by atoms with van der Waals surface area (Å²) in [7, 11) is 0. The van der Waals surface area contributed by atoms with Gasteiger partial charge < -0.3 is 5.32 Å². The Balaban J connectivity index is 1.31. The van der Waals surface area contributed by atoms with Gasteiger partial charge in [-0.25, -0.2) is 13.8 Å². The normalized spacial score (nSPS) is 19.8. The lowest BCUT2D eigenvalue weighted by Crippen LogP contribution is -2.25. The highest BCUT2D eigenvalue weighted by atomic mass is 32.2. The van der Waals surface area contributed by atoms with Gasteiger partial charge >= 0.3 is 0 Å². The Morgan fingerprint density at radius 3 is 2.65 bits per heavy atom. The molecule has 2 atom stereocenters.